The lowest BCUT2D eigenvalue weighted by atomic mass is 9.89. The van der Waals surface area contributed by atoms with Crippen LogP contribution in [0.3, 0.4) is 0 Å². The summed E-state index contributed by atoms with van der Waals surface area (Å²) in [7, 11) is 2.49. The minimum atomic E-state index is -1.41. The van der Waals surface area contributed by atoms with E-state index >= 15 is 0 Å². The van der Waals surface area contributed by atoms with Gasteiger partial charge in [-0.1, -0.05) is 123 Å². The molecule has 4 aliphatic heterocycles. The number of amides is 1. The van der Waals surface area contributed by atoms with Crippen LogP contribution in [-0.4, -0.2) is 124 Å². The summed E-state index contributed by atoms with van der Waals surface area (Å²) in [6.45, 7) is 5.71. The SMILES string of the molecule is CCC1O[C@@H](O[C@H]2C(C(=O)OC)O[C@@H](C)C(OC(=O)c3ccccc3)[C@@H]2OCc2ccccc2)C2NC(=O)OC2[C@H]1O[C@@H]1OC(C(=O)OC)[C@H](C)[C@H](OCc2ccccc2)C1OCc1ccccc1. The number of ether oxygens (including phenoxy) is 12. The average molecular weight is 954 g/mol. The zero-order valence-electron chi connectivity index (χ0n) is 39.1. The molecule has 4 aliphatic rings. The number of alkyl carbamates (subject to hydrolysis) is 1. The molecule has 0 spiro atoms. The van der Waals surface area contributed by atoms with E-state index in [0.29, 0.717) is 6.42 Å². The summed E-state index contributed by atoms with van der Waals surface area (Å²) >= 11 is 0. The number of benzene rings is 4. The van der Waals surface area contributed by atoms with Gasteiger partial charge in [0, 0.05) is 5.92 Å². The number of hydrogen-bond acceptors (Lipinski definition) is 16. The van der Waals surface area contributed by atoms with Gasteiger partial charge >= 0.3 is 24.0 Å². The van der Waals surface area contributed by atoms with E-state index in [9.17, 15) is 19.2 Å². The van der Waals surface area contributed by atoms with Crippen molar-refractivity contribution in [1.29, 1.82) is 0 Å². The molecule has 0 aliphatic carbocycles. The number of esters is 3. The van der Waals surface area contributed by atoms with Crippen molar-refractivity contribution in [2.75, 3.05) is 14.2 Å². The zero-order valence-corrected chi connectivity index (χ0v) is 39.1. The lowest BCUT2D eigenvalue weighted by molar-refractivity contribution is -0.352. The maximum absolute atomic E-state index is 13.6. The molecule has 69 heavy (non-hydrogen) atoms. The summed E-state index contributed by atoms with van der Waals surface area (Å²) in [5.74, 6) is -2.64. The summed E-state index contributed by atoms with van der Waals surface area (Å²) in [6, 6.07) is 35.8. The minimum Gasteiger partial charge on any atom is -0.467 e. The van der Waals surface area contributed by atoms with Crippen LogP contribution >= 0.6 is 0 Å². The minimum absolute atomic E-state index is 0.0342. The Morgan fingerprint density at radius 1 is 0.565 bits per heavy atom. The van der Waals surface area contributed by atoms with Crippen LogP contribution in [0.25, 0.3) is 0 Å². The highest BCUT2D eigenvalue weighted by Gasteiger charge is 2.59. The highest BCUT2D eigenvalue weighted by Crippen LogP contribution is 2.40. The van der Waals surface area contributed by atoms with Crippen molar-refractivity contribution < 1.29 is 76.0 Å². The Kier molecular flexibility index (Phi) is 16.7. The first-order chi connectivity index (χ1) is 33.6. The molecule has 1 amide bonds. The molecule has 4 aromatic carbocycles. The van der Waals surface area contributed by atoms with Gasteiger partial charge in [0.05, 0.1) is 57.9 Å². The van der Waals surface area contributed by atoms with Gasteiger partial charge in [0.2, 0.25) is 0 Å². The molecule has 15 atom stereocenters. The molecule has 0 bridgehead atoms. The number of nitrogens with one attached hydrogen (secondary N) is 1. The van der Waals surface area contributed by atoms with Crippen LogP contribution in [0.15, 0.2) is 121 Å². The Bertz CT molecular complexity index is 2290. The predicted octanol–water partition coefficient (Wildman–Crippen LogP) is 5.84. The Morgan fingerprint density at radius 2 is 1.07 bits per heavy atom. The number of carbonyl (C=O) groups excluding carboxylic acids is 4. The third-order valence-electron chi connectivity index (χ3n) is 12.8. The molecule has 4 fully saturated rings. The van der Waals surface area contributed by atoms with Crippen LogP contribution in [0, 0.1) is 5.92 Å². The highest BCUT2D eigenvalue weighted by atomic mass is 16.8. The number of carbonyl (C=O) groups is 4. The molecular weight excluding hydrogens is 895 g/mol. The van der Waals surface area contributed by atoms with Crippen molar-refractivity contribution in [3.8, 4) is 0 Å². The van der Waals surface area contributed by atoms with Crippen LogP contribution in [0.5, 0.6) is 0 Å². The molecule has 17 nitrogen and oxygen atoms in total. The molecule has 1 N–H and O–H groups in total. The quantitative estimate of drug-likeness (QED) is 0.0923. The van der Waals surface area contributed by atoms with Gasteiger partial charge in [0.1, 0.15) is 30.5 Å². The standard InChI is InChI=1S/C52H59NO16/c1-6-36-41(67-51-46(62-29-34-23-15-9-16-24-34)38(30(2)39(66-51)48(55)58-4)60-27-32-19-11-7-12-20-32)42-37(53-52(57)69-42)50(64-36)68-44-43(61-28-33-21-13-8-14-22-33)40(31(3)63-45(44)49(56)59-5)65-47(54)35-25-17-10-18-26-35/h7-26,30-31,36-46,50-51H,6,27-29H2,1-5H3,(H,53,57)/t30-,31+,36?,37?,38+,39?,40?,41+,42?,43+,44-,45?,46?,50+,51+/m1/s1. The van der Waals surface area contributed by atoms with E-state index in [1.807, 2.05) is 105 Å². The van der Waals surface area contributed by atoms with Crippen LogP contribution in [-0.2, 0) is 86.3 Å². The van der Waals surface area contributed by atoms with Crippen molar-refractivity contribution in [2.24, 2.45) is 5.92 Å². The van der Waals surface area contributed by atoms with Crippen molar-refractivity contribution in [2.45, 2.75) is 133 Å². The Balaban J connectivity index is 1.10. The molecule has 17 heteroatoms. The van der Waals surface area contributed by atoms with Gasteiger partial charge in [-0.3, -0.25) is 0 Å². The second-order valence-electron chi connectivity index (χ2n) is 17.3. The zero-order chi connectivity index (χ0) is 48.4. The molecule has 4 saturated heterocycles. The highest BCUT2D eigenvalue weighted by molar-refractivity contribution is 5.89. The number of hydrogen-bond donors (Lipinski definition) is 1. The molecule has 0 aromatic heterocycles. The largest absolute Gasteiger partial charge is 0.467 e. The second kappa shape index (κ2) is 23.2. The van der Waals surface area contributed by atoms with E-state index in [2.05, 4.69) is 5.32 Å². The fourth-order valence-electron chi connectivity index (χ4n) is 9.18. The summed E-state index contributed by atoms with van der Waals surface area (Å²) in [6.07, 6.45) is -14.8. The van der Waals surface area contributed by atoms with E-state index in [4.69, 9.17) is 56.8 Å². The molecular formula is C52H59NO16. The Morgan fingerprint density at radius 3 is 1.62 bits per heavy atom. The van der Waals surface area contributed by atoms with Gasteiger partial charge in [-0.25, -0.2) is 19.2 Å². The van der Waals surface area contributed by atoms with Gasteiger partial charge in [-0.05, 0) is 42.2 Å². The van der Waals surface area contributed by atoms with E-state index in [1.54, 1.807) is 37.3 Å². The molecule has 7 unspecified atom stereocenters. The Hall–Kier alpha value is -5.76. The van der Waals surface area contributed by atoms with E-state index in [0.717, 1.165) is 16.7 Å². The van der Waals surface area contributed by atoms with Crippen molar-refractivity contribution in [3.05, 3.63) is 144 Å². The summed E-state index contributed by atoms with van der Waals surface area (Å²) < 4.78 is 75.5. The van der Waals surface area contributed by atoms with Crippen LogP contribution in [0.1, 0.15) is 54.2 Å². The van der Waals surface area contributed by atoms with Crippen molar-refractivity contribution in [3.63, 3.8) is 0 Å². The van der Waals surface area contributed by atoms with E-state index in [-0.39, 0.29) is 25.4 Å². The molecule has 368 valence electrons. The van der Waals surface area contributed by atoms with Crippen LogP contribution < -0.4 is 5.32 Å². The van der Waals surface area contributed by atoms with E-state index < -0.39 is 116 Å². The normalized spacial score (nSPS) is 31.9. The summed E-state index contributed by atoms with van der Waals surface area (Å²) in [5.41, 5.74) is 2.85. The van der Waals surface area contributed by atoms with Gasteiger partial charge in [0.25, 0.3) is 0 Å². The lowest BCUT2D eigenvalue weighted by Gasteiger charge is -2.49. The van der Waals surface area contributed by atoms with Gasteiger partial charge < -0.3 is 62.2 Å². The lowest BCUT2D eigenvalue weighted by Crippen LogP contribution is -2.67. The first kappa shape index (κ1) is 49.7. The first-order valence-electron chi connectivity index (χ1n) is 23.2. The average Bonchev–Trinajstić information content (AvgIpc) is 3.79. The topological polar surface area (TPSA) is 191 Å². The summed E-state index contributed by atoms with van der Waals surface area (Å²) in [5, 5.41) is 2.81. The smallest absolute Gasteiger partial charge is 0.408 e. The number of rotatable bonds is 18. The van der Waals surface area contributed by atoms with Gasteiger partial charge in [-0.15, -0.1) is 0 Å². The first-order valence-corrected chi connectivity index (χ1v) is 23.2. The molecule has 0 radical (unpaired) electrons. The third-order valence-corrected chi connectivity index (χ3v) is 12.8. The fraction of sp³-hybridized carbons (Fsp3) is 0.462. The van der Waals surface area contributed by atoms with Crippen molar-refractivity contribution in [1.82, 2.24) is 5.32 Å². The molecule has 4 aromatic rings. The molecule has 4 heterocycles. The number of fused-ring (bicyclic) bond motifs is 1. The predicted molar refractivity (Wildman–Crippen MR) is 243 cm³/mol. The van der Waals surface area contributed by atoms with Gasteiger partial charge in [-0.2, -0.15) is 0 Å². The number of methoxy groups -OCH3 is 2. The monoisotopic (exact) mass is 953 g/mol. The maximum Gasteiger partial charge on any atom is 0.408 e. The Labute approximate surface area is 400 Å². The van der Waals surface area contributed by atoms with Gasteiger partial charge in [0.15, 0.2) is 37.0 Å². The third kappa shape index (κ3) is 11.6. The van der Waals surface area contributed by atoms with Crippen molar-refractivity contribution >= 4 is 24.0 Å². The molecule has 8 rings (SSSR count). The second-order valence-corrected chi connectivity index (χ2v) is 17.3. The van der Waals surface area contributed by atoms with Crippen LogP contribution in [0.4, 0.5) is 4.79 Å². The fourth-order valence-corrected chi connectivity index (χ4v) is 9.18. The maximum atomic E-state index is 13.6. The van der Waals surface area contributed by atoms with E-state index in [1.165, 1.54) is 14.2 Å². The summed E-state index contributed by atoms with van der Waals surface area (Å²) in [4.78, 5) is 54.1. The molecule has 0 saturated carbocycles. The van der Waals surface area contributed by atoms with Crippen LogP contribution in [0.2, 0.25) is 0 Å².